The van der Waals surface area contributed by atoms with Crippen LogP contribution in [-0.2, 0) is 30.9 Å². The Morgan fingerprint density at radius 2 is 2.07 bits per heavy atom. The largest absolute Gasteiger partial charge is 0.376 e. The van der Waals surface area contributed by atoms with Gasteiger partial charge in [0.05, 0.1) is 13.2 Å². The van der Waals surface area contributed by atoms with Crippen molar-refractivity contribution in [2.24, 2.45) is 0 Å². The zero-order valence-electron chi connectivity index (χ0n) is 15.7. The molecule has 2 aliphatic heterocycles. The number of aryl methyl sites for hydroxylation is 1. The van der Waals surface area contributed by atoms with Crippen molar-refractivity contribution in [2.75, 3.05) is 32.8 Å². The number of rotatable bonds is 4. The summed E-state index contributed by atoms with van der Waals surface area (Å²) >= 11 is 6.08. The average Bonchev–Trinajstić information content (AvgIpc) is 3.07. The maximum absolute atomic E-state index is 13.1. The molecule has 1 aromatic carbocycles. The summed E-state index contributed by atoms with van der Waals surface area (Å²) in [6.07, 6.45) is 0.830. The van der Waals surface area contributed by atoms with Crippen molar-refractivity contribution in [1.82, 2.24) is 19.6 Å². The molecular formula is C20H25ClN4O2. The molecule has 144 valence electrons. The Labute approximate surface area is 164 Å². The summed E-state index contributed by atoms with van der Waals surface area (Å²) in [5, 5.41) is 5.36. The highest BCUT2D eigenvalue weighted by Gasteiger charge is 2.29. The Morgan fingerprint density at radius 3 is 2.81 bits per heavy atom. The van der Waals surface area contributed by atoms with Crippen molar-refractivity contribution in [2.45, 2.75) is 33.0 Å². The van der Waals surface area contributed by atoms with Gasteiger partial charge in [-0.05, 0) is 24.6 Å². The van der Waals surface area contributed by atoms with E-state index in [1.54, 1.807) is 0 Å². The number of hydrogen-bond acceptors (Lipinski definition) is 4. The molecule has 6 nitrogen and oxygen atoms in total. The van der Waals surface area contributed by atoms with Crippen LogP contribution in [0, 0.1) is 0 Å². The van der Waals surface area contributed by atoms with E-state index >= 15 is 0 Å². The van der Waals surface area contributed by atoms with Crippen LogP contribution >= 0.6 is 11.6 Å². The summed E-state index contributed by atoms with van der Waals surface area (Å²) in [6, 6.07) is 7.96. The van der Waals surface area contributed by atoms with Crippen LogP contribution in [0.4, 0.5) is 0 Å². The Hall–Kier alpha value is -1.89. The number of carbonyl (C=O) groups excluding carboxylic acids is 1. The van der Waals surface area contributed by atoms with E-state index in [1.807, 2.05) is 27.8 Å². The van der Waals surface area contributed by atoms with Crippen LogP contribution in [0.15, 0.2) is 24.3 Å². The van der Waals surface area contributed by atoms with Gasteiger partial charge in [0.1, 0.15) is 0 Å². The van der Waals surface area contributed by atoms with Crippen molar-refractivity contribution >= 4 is 17.5 Å². The number of amides is 1. The number of aromatic nitrogens is 2. The Bertz CT molecular complexity index is 827. The highest BCUT2D eigenvalue weighted by Crippen LogP contribution is 2.23. The van der Waals surface area contributed by atoms with E-state index in [4.69, 9.17) is 16.3 Å². The van der Waals surface area contributed by atoms with Crippen LogP contribution in [0.25, 0.3) is 0 Å². The third-order valence-corrected chi connectivity index (χ3v) is 5.59. The molecule has 1 amide bonds. The standard InChI is InChI=1S/C20H25ClN4O2/c1-2-25-18-6-11-27-14-17(18)19(22-25)20(26)24-9-7-23(8-10-24)13-15-4-3-5-16(21)12-15/h3-5,12H,2,6-11,13-14H2,1H3. The van der Waals surface area contributed by atoms with Crippen LogP contribution in [0.5, 0.6) is 0 Å². The van der Waals surface area contributed by atoms with Gasteiger partial charge in [-0.25, -0.2) is 0 Å². The van der Waals surface area contributed by atoms with Gasteiger partial charge in [-0.3, -0.25) is 14.4 Å². The normalized spacial score (nSPS) is 17.8. The van der Waals surface area contributed by atoms with Gasteiger partial charge in [0.25, 0.3) is 5.91 Å². The lowest BCUT2D eigenvalue weighted by atomic mass is 10.1. The number of benzene rings is 1. The Balaban J connectivity index is 1.41. The molecule has 0 bridgehead atoms. The second-order valence-electron chi connectivity index (χ2n) is 7.09. The lowest BCUT2D eigenvalue weighted by Gasteiger charge is -2.34. The first kappa shape index (κ1) is 18.5. The minimum Gasteiger partial charge on any atom is -0.376 e. The monoisotopic (exact) mass is 388 g/mol. The number of hydrogen-bond donors (Lipinski definition) is 0. The van der Waals surface area contributed by atoms with E-state index in [9.17, 15) is 4.79 Å². The molecule has 0 N–H and O–H groups in total. The lowest BCUT2D eigenvalue weighted by Crippen LogP contribution is -2.48. The molecule has 0 aliphatic carbocycles. The number of fused-ring (bicyclic) bond motifs is 1. The number of halogens is 1. The number of carbonyl (C=O) groups is 1. The number of piperazine rings is 1. The number of nitrogens with zero attached hydrogens (tertiary/aromatic N) is 4. The van der Waals surface area contributed by atoms with Gasteiger partial charge in [0.2, 0.25) is 0 Å². The minimum atomic E-state index is 0.0337. The van der Waals surface area contributed by atoms with E-state index in [0.29, 0.717) is 32.0 Å². The third-order valence-electron chi connectivity index (χ3n) is 5.35. The highest BCUT2D eigenvalue weighted by atomic mass is 35.5. The van der Waals surface area contributed by atoms with Gasteiger partial charge in [-0.15, -0.1) is 0 Å². The van der Waals surface area contributed by atoms with E-state index in [1.165, 1.54) is 5.56 Å². The Kier molecular flexibility index (Phi) is 5.48. The molecule has 1 saturated heterocycles. The van der Waals surface area contributed by atoms with Gasteiger partial charge >= 0.3 is 0 Å². The Morgan fingerprint density at radius 1 is 1.26 bits per heavy atom. The second kappa shape index (κ2) is 8.00. The fourth-order valence-corrected chi connectivity index (χ4v) is 4.11. The maximum Gasteiger partial charge on any atom is 0.274 e. The van der Waals surface area contributed by atoms with Crippen molar-refractivity contribution < 1.29 is 9.53 Å². The SMILES string of the molecule is CCn1nc(C(=O)N2CCN(Cc3cccc(Cl)c3)CC2)c2c1CCOC2. The topological polar surface area (TPSA) is 50.6 Å². The van der Waals surface area contributed by atoms with E-state index in [2.05, 4.69) is 23.0 Å². The van der Waals surface area contributed by atoms with Crippen molar-refractivity contribution in [3.63, 3.8) is 0 Å². The molecule has 0 unspecified atom stereocenters. The summed E-state index contributed by atoms with van der Waals surface area (Å²) in [4.78, 5) is 17.4. The fourth-order valence-electron chi connectivity index (χ4n) is 3.89. The molecular weight excluding hydrogens is 364 g/mol. The first-order valence-electron chi connectivity index (χ1n) is 9.58. The summed E-state index contributed by atoms with van der Waals surface area (Å²) in [7, 11) is 0. The molecule has 0 spiro atoms. The summed E-state index contributed by atoms with van der Waals surface area (Å²) < 4.78 is 7.54. The van der Waals surface area contributed by atoms with Crippen LogP contribution < -0.4 is 0 Å². The first-order valence-corrected chi connectivity index (χ1v) is 9.96. The smallest absolute Gasteiger partial charge is 0.274 e. The first-order chi connectivity index (χ1) is 13.2. The van der Waals surface area contributed by atoms with Gasteiger partial charge in [0.15, 0.2) is 5.69 Å². The van der Waals surface area contributed by atoms with Crippen LogP contribution in [-0.4, -0.2) is 58.3 Å². The van der Waals surface area contributed by atoms with Crippen LogP contribution in [0.2, 0.25) is 5.02 Å². The minimum absolute atomic E-state index is 0.0337. The maximum atomic E-state index is 13.1. The zero-order valence-corrected chi connectivity index (χ0v) is 16.4. The molecule has 2 aliphatic rings. The van der Waals surface area contributed by atoms with Crippen LogP contribution in [0.1, 0.15) is 34.2 Å². The third kappa shape index (κ3) is 3.88. The molecule has 1 fully saturated rings. The quantitative estimate of drug-likeness (QED) is 0.807. The molecule has 1 aromatic heterocycles. The molecule has 27 heavy (non-hydrogen) atoms. The van der Waals surface area contributed by atoms with Gasteiger partial charge < -0.3 is 9.64 Å². The van der Waals surface area contributed by atoms with Crippen molar-refractivity contribution in [3.8, 4) is 0 Å². The summed E-state index contributed by atoms with van der Waals surface area (Å²) in [5.41, 5.74) is 3.92. The predicted molar refractivity (Wildman–Crippen MR) is 104 cm³/mol. The van der Waals surface area contributed by atoms with Gasteiger partial charge in [0, 0.05) is 62.0 Å². The van der Waals surface area contributed by atoms with E-state index in [-0.39, 0.29) is 5.91 Å². The van der Waals surface area contributed by atoms with Crippen molar-refractivity contribution in [3.05, 3.63) is 51.8 Å². The molecule has 3 heterocycles. The summed E-state index contributed by atoms with van der Waals surface area (Å²) in [6.45, 7) is 8.03. The lowest BCUT2D eigenvalue weighted by molar-refractivity contribution is 0.0612. The molecule has 2 aromatic rings. The second-order valence-corrected chi connectivity index (χ2v) is 7.53. The van der Waals surface area contributed by atoms with E-state index in [0.717, 1.165) is 48.9 Å². The van der Waals surface area contributed by atoms with Crippen LogP contribution in [0.3, 0.4) is 0 Å². The van der Waals surface area contributed by atoms with Gasteiger partial charge in [-0.1, -0.05) is 23.7 Å². The summed E-state index contributed by atoms with van der Waals surface area (Å²) in [5.74, 6) is 0.0337. The predicted octanol–water partition coefficient (Wildman–Crippen LogP) is 2.59. The highest BCUT2D eigenvalue weighted by molar-refractivity contribution is 6.30. The number of ether oxygens (including phenoxy) is 1. The average molecular weight is 389 g/mol. The molecule has 0 radical (unpaired) electrons. The van der Waals surface area contributed by atoms with E-state index < -0.39 is 0 Å². The zero-order chi connectivity index (χ0) is 18.8. The fraction of sp³-hybridized carbons (Fsp3) is 0.500. The molecule has 0 atom stereocenters. The van der Waals surface area contributed by atoms with Gasteiger partial charge in [-0.2, -0.15) is 5.10 Å². The molecule has 4 rings (SSSR count). The van der Waals surface area contributed by atoms with Crippen molar-refractivity contribution in [1.29, 1.82) is 0 Å². The molecule has 0 saturated carbocycles. The molecule has 7 heteroatoms.